The fourth-order valence-corrected chi connectivity index (χ4v) is 4.82. The van der Waals surface area contributed by atoms with Crippen molar-refractivity contribution in [2.45, 2.75) is 32.7 Å². The molecule has 31 heavy (non-hydrogen) atoms. The molecule has 0 radical (unpaired) electrons. The summed E-state index contributed by atoms with van der Waals surface area (Å²) in [7, 11) is 1.35. The lowest BCUT2D eigenvalue weighted by Crippen LogP contribution is -2.39. The minimum atomic E-state index is -0.581. The lowest BCUT2D eigenvalue weighted by molar-refractivity contribution is -0.136. The Morgan fingerprint density at radius 3 is 2.42 bits per heavy atom. The average Bonchev–Trinajstić information content (AvgIpc) is 3.07. The van der Waals surface area contributed by atoms with Crippen molar-refractivity contribution in [1.82, 2.24) is 4.57 Å². The molecule has 0 amide bonds. The van der Waals surface area contributed by atoms with E-state index in [0.717, 1.165) is 11.1 Å². The summed E-state index contributed by atoms with van der Waals surface area (Å²) in [6, 6.07) is 17.2. The molecule has 3 aromatic rings. The van der Waals surface area contributed by atoms with Crippen molar-refractivity contribution in [3.63, 3.8) is 0 Å². The summed E-state index contributed by atoms with van der Waals surface area (Å²) in [5.74, 6) is -0.0872. The van der Waals surface area contributed by atoms with Gasteiger partial charge in [0.25, 0.3) is 5.56 Å². The van der Waals surface area contributed by atoms with Gasteiger partial charge in [-0.05, 0) is 35.6 Å². The van der Waals surface area contributed by atoms with Crippen LogP contribution in [0.15, 0.2) is 75.7 Å². The number of carbonyl (C=O) groups is 1. The zero-order chi connectivity index (χ0) is 22.1. The molecule has 158 valence electrons. The molecule has 2 aromatic carbocycles. The van der Waals surface area contributed by atoms with E-state index in [4.69, 9.17) is 4.74 Å². The topological polar surface area (TPSA) is 60.7 Å². The lowest BCUT2D eigenvalue weighted by Gasteiger charge is -2.24. The fourth-order valence-electron chi connectivity index (χ4n) is 3.77. The predicted molar refractivity (Wildman–Crippen MR) is 123 cm³/mol. The van der Waals surface area contributed by atoms with Crippen LogP contribution in [0.1, 0.15) is 49.4 Å². The van der Waals surface area contributed by atoms with Crippen LogP contribution < -0.4 is 14.9 Å². The number of esters is 1. The second-order valence-electron chi connectivity index (χ2n) is 7.81. The van der Waals surface area contributed by atoms with Crippen molar-refractivity contribution in [2.75, 3.05) is 7.11 Å². The summed E-state index contributed by atoms with van der Waals surface area (Å²) >= 11 is 1.33. The standard InChI is InChI=1S/C25H24N2O3S/c1-15(2)18-10-12-19(13-11-18)22-21(24(29)30-4)16(3)26-25-27(22)23(28)20(31-25)14-17-8-6-5-7-9-17/h5-15,22H,1-4H3. The average molecular weight is 433 g/mol. The van der Waals surface area contributed by atoms with Crippen LogP contribution in [0.4, 0.5) is 0 Å². The molecule has 6 heteroatoms. The molecule has 0 aliphatic carbocycles. The maximum absolute atomic E-state index is 13.4. The Kier molecular flexibility index (Phi) is 5.74. The summed E-state index contributed by atoms with van der Waals surface area (Å²) in [5.41, 5.74) is 3.77. The molecule has 2 heterocycles. The third-order valence-electron chi connectivity index (χ3n) is 5.44. The highest BCUT2D eigenvalue weighted by molar-refractivity contribution is 7.07. The van der Waals surface area contributed by atoms with Crippen molar-refractivity contribution in [2.24, 2.45) is 4.99 Å². The number of aromatic nitrogens is 1. The van der Waals surface area contributed by atoms with Gasteiger partial charge in [0.15, 0.2) is 4.80 Å². The number of methoxy groups -OCH3 is 1. The van der Waals surface area contributed by atoms with Gasteiger partial charge in [0, 0.05) is 0 Å². The van der Waals surface area contributed by atoms with E-state index in [0.29, 0.717) is 26.5 Å². The molecular formula is C25H24N2O3S. The number of rotatable bonds is 4. The second kappa shape index (κ2) is 8.47. The maximum Gasteiger partial charge on any atom is 0.338 e. The molecule has 1 aliphatic heterocycles. The minimum Gasteiger partial charge on any atom is -0.466 e. The van der Waals surface area contributed by atoms with Crippen molar-refractivity contribution in [1.29, 1.82) is 0 Å². The molecule has 0 bridgehead atoms. The van der Waals surface area contributed by atoms with Crippen LogP contribution in [0.2, 0.25) is 0 Å². The van der Waals surface area contributed by atoms with Crippen LogP contribution in [0.25, 0.3) is 6.08 Å². The summed E-state index contributed by atoms with van der Waals surface area (Å²) < 4.78 is 7.25. The van der Waals surface area contributed by atoms with E-state index in [1.165, 1.54) is 24.0 Å². The molecule has 1 atom stereocenters. The van der Waals surface area contributed by atoms with Gasteiger partial charge in [-0.25, -0.2) is 9.79 Å². The van der Waals surface area contributed by atoms with Gasteiger partial charge in [-0.3, -0.25) is 9.36 Å². The first-order valence-electron chi connectivity index (χ1n) is 10.2. The normalized spacial score (nSPS) is 16.3. The summed E-state index contributed by atoms with van der Waals surface area (Å²) in [6.07, 6.45) is 1.86. The van der Waals surface area contributed by atoms with Crippen molar-refractivity contribution >= 4 is 23.4 Å². The van der Waals surface area contributed by atoms with Crippen molar-refractivity contribution < 1.29 is 9.53 Å². The minimum absolute atomic E-state index is 0.167. The van der Waals surface area contributed by atoms with Gasteiger partial charge in [-0.2, -0.15) is 0 Å². The first-order valence-corrected chi connectivity index (χ1v) is 11.0. The number of hydrogen-bond acceptors (Lipinski definition) is 5. The predicted octanol–water partition coefficient (Wildman–Crippen LogP) is 3.53. The Morgan fingerprint density at radius 2 is 1.81 bits per heavy atom. The van der Waals surface area contributed by atoms with Crippen LogP contribution in [-0.4, -0.2) is 17.6 Å². The second-order valence-corrected chi connectivity index (χ2v) is 8.81. The number of carbonyl (C=O) groups excluding carboxylic acids is 1. The van der Waals surface area contributed by atoms with Crippen LogP contribution >= 0.6 is 11.3 Å². The van der Waals surface area contributed by atoms with Gasteiger partial charge in [-0.15, -0.1) is 0 Å². The molecular weight excluding hydrogens is 408 g/mol. The molecule has 0 saturated carbocycles. The highest BCUT2D eigenvalue weighted by Crippen LogP contribution is 2.31. The van der Waals surface area contributed by atoms with E-state index in [-0.39, 0.29) is 5.56 Å². The first-order chi connectivity index (χ1) is 14.9. The zero-order valence-electron chi connectivity index (χ0n) is 18.0. The number of fused-ring (bicyclic) bond motifs is 1. The molecule has 0 spiro atoms. The molecule has 0 saturated heterocycles. The Morgan fingerprint density at radius 1 is 1.13 bits per heavy atom. The van der Waals surface area contributed by atoms with Gasteiger partial charge < -0.3 is 4.74 Å². The monoisotopic (exact) mass is 432 g/mol. The van der Waals surface area contributed by atoms with E-state index >= 15 is 0 Å². The number of allylic oxidation sites excluding steroid dienone is 1. The van der Waals surface area contributed by atoms with E-state index in [1.807, 2.05) is 60.7 Å². The molecule has 1 unspecified atom stereocenters. The SMILES string of the molecule is COC(=O)C1=C(C)N=c2sc(=Cc3ccccc3)c(=O)n2C1c1ccc(C(C)C)cc1. The van der Waals surface area contributed by atoms with Gasteiger partial charge >= 0.3 is 5.97 Å². The zero-order valence-corrected chi connectivity index (χ0v) is 18.8. The van der Waals surface area contributed by atoms with E-state index in [1.54, 1.807) is 11.5 Å². The number of hydrogen-bond donors (Lipinski definition) is 0. The first kappa shape index (κ1) is 21.0. The van der Waals surface area contributed by atoms with Gasteiger partial charge in [-0.1, -0.05) is 79.8 Å². The van der Waals surface area contributed by atoms with Crippen LogP contribution in [0, 0.1) is 0 Å². The number of benzene rings is 2. The third-order valence-corrected chi connectivity index (χ3v) is 6.43. The van der Waals surface area contributed by atoms with Gasteiger partial charge in [0.05, 0.1) is 29.0 Å². The third kappa shape index (κ3) is 3.91. The van der Waals surface area contributed by atoms with E-state index < -0.39 is 12.0 Å². The van der Waals surface area contributed by atoms with Crippen molar-refractivity contribution in [3.8, 4) is 0 Å². The number of thiazole rings is 1. The van der Waals surface area contributed by atoms with Gasteiger partial charge in [0.2, 0.25) is 0 Å². The maximum atomic E-state index is 13.4. The van der Waals surface area contributed by atoms with E-state index in [9.17, 15) is 9.59 Å². The molecule has 0 fully saturated rings. The Labute approximate surface area is 184 Å². The van der Waals surface area contributed by atoms with Crippen LogP contribution in [0.5, 0.6) is 0 Å². The van der Waals surface area contributed by atoms with E-state index in [2.05, 4.69) is 18.8 Å². The van der Waals surface area contributed by atoms with Crippen LogP contribution in [0.3, 0.4) is 0 Å². The summed E-state index contributed by atoms with van der Waals surface area (Å²) in [6.45, 7) is 6.05. The molecule has 1 aromatic heterocycles. The number of nitrogens with zero attached hydrogens (tertiary/aromatic N) is 2. The fraction of sp³-hybridized carbons (Fsp3) is 0.240. The summed E-state index contributed by atoms with van der Waals surface area (Å²) in [5, 5.41) is 0. The summed E-state index contributed by atoms with van der Waals surface area (Å²) in [4.78, 5) is 31.3. The molecule has 1 aliphatic rings. The van der Waals surface area contributed by atoms with Gasteiger partial charge in [0.1, 0.15) is 0 Å². The highest BCUT2D eigenvalue weighted by Gasteiger charge is 2.33. The smallest absolute Gasteiger partial charge is 0.338 e. The lowest BCUT2D eigenvalue weighted by atomic mass is 9.93. The Balaban J connectivity index is 1.95. The molecule has 5 nitrogen and oxygen atoms in total. The molecule has 0 N–H and O–H groups in total. The largest absolute Gasteiger partial charge is 0.466 e. The Bertz CT molecular complexity index is 1330. The molecule has 4 rings (SSSR count). The van der Waals surface area contributed by atoms with Crippen molar-refractivity contribution in [3.05, 3.63) is 102 Å². The van der Waals surface area contributed by atoms with Crippen LogP contribution in [-0.2, 0) is 9.53 Å². The quantitative estimate of drug-likeness (QED) is 0.593. The number of ether oxygens (including phenoxy) is 1. The Hall–Kier alpha value is -3.25. The highest BCUT2D eigenvalue weighted by atomic mass is 32.1.